The van der Waals surface area contributed by atoms with Crippen molar-refractivity contribution in [3.8, 4) is 11.5 Å². The van der Waals surface area contributed by atoms with E-state index in [0.717, 1.165) is 6.07 Å². The van der Waals surface area contributed by atoms with Crippen LogP contribution in [0.5, 0.6) is 11.5 Å². The first-order chi connectivity index (χ1) is 11.5. The van der Waals surface area contributed by atoms with Gasteiger partial charge in [-0.25, -0.2) is 0 Å². The predicted octanol–water partition coefficient (Wildman–Crippen LogP) is 4.16. The maximum Gasteiger partial charge on any atom is 0.288 e. The molecule has 0 aliphatic carbocycles. The highest BCUT2D eigenvalue weighted by Crippen LogP contribution is 2.27. The van der Waals surface area contributed by atoms with Crippen LogP contribution in [0.2, 0.25) is 5.02 Å². The molecule has 0 saturated heterocycles. The molecule has 0 heterocycles. The van der Waals surface area contributed by atoms with Crippen molar-refractivity contribution in [2.24, 2.45) is 0 Å². The number of nitro benzene ring substituents is 1. The number of halogens is 1. The van der Waals surface area contributed by atoms with Gasteiger partial charge in [0.1, 0.15) is 16.5 Å². The molecule has 2 aromatic rings. The van der Waals surface area contributed by atoms with Crippen molar-refractivity contribution in [1.29, 1.82) is 0 Å². The first-order valence-corrected chi connectivity index (χ1v) is 7.22. The van der Waals surface area contributed by atoms with Gasteiger partial charge in [0.15, 0.2) is 5.78 Å². The number of hydrogen-bond donors (Lipinski definition) is 0. The first kappa shape index (κ1) is 17.5. The highest BCUT2D eigenvalue weighted by molar-refractivity contribution is 6.32. The Balaban J connectivity index is 2.28. The summed E-state index contributed by atoms with van der Waals surface area (Å²) in [6, 6.07) is 9.09. The Kier molecular flexibility index (Phi) is 5.55. The van der Waals surface area contributed by atoms with Gasteiger partial charge < -0.3 is 9.47 Å². The van der Waals surface area contributed by atoms with E-state index in [1.165, 1.54) is 25.3 Å². The fourth-order valence-electron chi connectivity index (χ4n) is 2.02. The Morgan fingerprint density at radius 1 is 1.17 bits per heavy atom. The fourth-order valence-corrected chi connectivity index (χ4v) is 2.21. The van der Waals surface area contributed by atoms with Gasteiger partial charge in [-0.05, 0) is 36.4 Å². The maximum atomic E-state index is 12.2. The third-order valence-electron chi connectivity index (χ3n) is 3.28. The summed E-state index contributed by atoms with van der Waals surface area (Å²) in [7, 11) is 3.05. The van der Waals surface area contributed by atoms with Gasteiger partial charge in [-0.15, -0.1) is 0 Å². The molecule has 0 bridgehead atoms. The molecule has 0 aromatic heterocycles. The summed E-state index contributed by atoms with van der Waals surface area (Å²) >= 11 is 5.74. The molecule has 0 radical (unpaired) electrons. The quantitative estimate of drug-likeness (QED) is 0.339. The Morgan fingerprint density at radius 2 is 1.92 bits per heavy atom. The normalized spacial score (nSPS) is 10.6. The van der Waals surface area contributed by atoms with Crippen LogP contribution in [-0.2, 0) is 0 Å². The van der Waals surface area contributed by atoms with Crippen LogP contribution in [0.3, 0.4) is 0 Å². The van der Waals surface area contributed by atoms with Crippen LogP contribution in [-0.4, -0.2) is 24.9 Å². The number of ether oxygens (including phenoxy) is 2. The van der Waals surface area contributed by atoms with Crippen molar-refractivity contribution in [2.45, 2.75) is 0 Å². The SMILES string of the molecule is COc1ccc(/C=C/C(=O)c2ccc(Cl)c([N+](=O)[O-])c2)c(OC)c1. The van der Waals surface area contributed by atoms with Gasteiger partial charge in [-0.2, -0.15) is 0 Å². The fraction of sp³-hybridized carbons (Fsp3) is 0.118. The van der Waals surface area contributed by atoms with E-state index in [2.05, 4.69) is 0 Å². The molecule has 0 atom stereocenters. The van der Waals surface area contributed by atoms with E-state index >= 15 is 0 Å². The van der Waals surface area contributed by atoms with Crippen molar-refractivity contribution >= 4 is 29.1 Å². The molecule has 2 aromatic carbocycles. The molecular weight excluding hydrogens is 334 g/mol. The monoisotopic (exact) mass is 347 g/mol. The highest BCUT2D eigenvalue weighted by atomic mass is 35.5. The van der Waals surface area contributed by atoms with E-state index in [-0.39, 0.29) is 22.1 Å². The van der Waals surface area contributed by atoms with Crippen LogP contribution in [0.15, 0.2) is 42.5 Å². The summed E-state index contributed by atoms with van der Waals surface area (Å²) in [5, 5.41) is 10.9. The predicted molar refractivity (Wildman–Crippen MR) is 91.0 cm³/mol. The zero-order valence-electron chi connectivity index (χ0n) is 13.0. The van der Waals surface area contributed by atoms with E-state index < -0.39 is 4.92 Å². The van der Waals surface area contributed by atoms with Crippen LogP contribution >= 0.6 is 11.6 Å². The summed E-state index contributed by atoms with van der Waals surface area (Å²) in [5.74, 6) is 0.789. The van der Waals surface area contributed by atoms with Crippen molar-refractivity contribution in [1.82, 2.24) is 0 Å². The van der Waals surface area contributed by atoms with E-state index in [1.807, 2.05) is 0 Å². The standard InChI is InChI=1S/C17H14ClNO5/c1-23-13-6-3-11(17(10-13)24-2)5-8-16(20)12-4-7-14(18)15(9-12)19(21)22/h3-10H,1-2H3/b8-5+. The molecule has 0 unspecified atom stereocenters. The Labute approximate surface area is 143 Å². The van der Waals surface area contributed by atoms with Crippen molar-refractivity contribution in [3.05, 3.63) is 68.7 Å². The van der Waals surface area contributed by atoms with Crippen molar-refractivity contribution < 1.29 is 19.2 Å². The van der Waals surface area contributed by atoms with Crippen LogP contribution in [0.25, 0.3) is 6.08 Å². The molecule has 7 heteroatoms. The number of nitro groups is 1. The summed E-state index contributed by atoms with van der Waals surface area (Å²) in [5.41, 5.74) is 0.544. The lowest BCUT2D eigenvalue weighted by Gasteiger charge is -2.07. The lowest BCUT2D eigenvalue weighted by molar-refractivity contribution is -0.384. The summed E-state index contributed by atoms with van der Waals surface area (Å²) < 4.78 is 10.3. The second-order valence-corrected chi connectivity index (χ2v) is 5.14. The van der Waals surface area contributed by atoms with E-state index in [1.54, 1.807) is 31.4 Å². The molecule has 24 heavy (non-hydrogen) atoms. The van der Waals surface area contributed by atoms with Crippen LogP contribution in [0, 0.1) is 10.1 Å². The molecule has 0 saturated carbocycles. The van der Waals surface area contributed by atoms with Gasteiger partial charge in [-0.1, -0.05) is 11.6 Å². The number of nitrogens with zero attached hydrogens (tertiary/aromatic N) is 1. The number of hydrogen-bond acceptors (Lipinski definition) is 5. The zero-order valence-corrected chi connectivity index (χ0v) is 13.7. The van der Waals surface area contributed by atoms with Gasteiger partial charge in [0.25, 0.3) is 5.69 Å². The topological polar surface area (TPSA) is 78.7 Å². The minimum absolute atomic E-state index is 0.0163. The van der Waals surface area contributed by atoms with Gasteiger partial charge in [0, 0.05) is 23.3 Å². The minimum Gasteiger partial charge on any atom is -0.497 e. The van der Waals surface area contributed by atoms with Crippen molar-refractivity contribution in [3.63, 3.8) is 0 Å². The van der Waals surface area contributed by atoms with Crippen LogP contribution < -0.4 is 9.47 Å². The third-order valence-corrected chi connectivity index (χ3v) is 3.60. The molecule has 6 nitrogen and oxygen atoms in total. The second-order valence-electron chi connectivity index (χ2n) is 4.73. The molecule has 0 spiro atoms. The number of carbonyl (C=O) groups is 1. The number of rotatable bonds is 6. The largest absolute Gasteiger partial charge is 0.497 e. The van der Waals surface area contributed by atoms with Gasteiger partial charge in [0.2, 0.25) is 0 Å². The number of allylic oxidation sites excluding steroid dienone is 1. The lowest BCUT2D eigenvalue weighted by atomic mass is 10.1. The molecule has 2 rings (SSSR count). The number of benzene rings is 2. The first-order valence-electron chi connectivity index (χ1n) is 6.84. The molecule has 0 fully saturated rings. The molecule has 0 aliphatic rings. The highest BCUT2D eigenvalue weighted by Gasteiger charge is 2.15. The Bertz CT molecular complexity index is 817. The molecule has 0 aliphatic heterocycles. The van der Waals surface area contributed by atoms with Gasteiger partial charge in [0.05, 0.1) is 19.1 Å². The number of methoxy groups -OCH3 is 2. The van der Waals surface area contributed by atoms with Crippen LogP contribution in [0.1, 0.15) is 15.9 Å². The van der Waals surface area contributed by atoms with Gasteiger partial charge >= 0.3 is 0 Å². The molecule has 0 amide bonds. The van der Waals surface area contributed by atoms with Crippen molar-refractivity contribution in [2.75, 3.05) is 14.2 Å². The molecule has 0 N–H and O–H groups in total. The zero-order chi connectivity index (χ0) is 17.7. The van der Waals surface area contributed by atoms with Gasteiger partial charge in [-0.3, -0.25) is 14.9 Å². The smallest absolute Gasteiger partial charge is 0.288 e. The molecular formula is C17H14ClNO5. The average Bonchev–Trinajstić information content (AvgIpc) is 2.59. The minimum atomic E-state index is -0.630. The summed E-state index contributed by atoms with van der Waals surface area (Å²) in [4.78, 5) is 22.5. The number of ketones is 1. The average molecular weight is 348 g/mol. The van der Waals surface area contributed by atoms with Crippen LogP contribution in [0.4, 0.5) is 5.69 Å². The van der Waals surface area contributed by atoms with E-state index in [0.29, 0.717) is 17.1 Å². The Morgan fingerprint density at radius 3 is 2.54 bits per heavy atom. The maximum absolute atomic E-state index is 12.2. The van der Waals surface area contributed by atoms with E-state index in [9.17, 15) is 14.9 Å². The lowest BCUT2D eigenvalue weighted by Crippen LogP contribution is -1.97. The summed E-state index contributed by atoms with van der Waals surface area (Å²) in [6.45, 7) is 0. The third kappa shape index (κ3) is 3.91. The Hall–Kier alpha value is -2.86. The van der Waals surface area contributed by atoms with E-state index in [4.69, 9.17) is 21.1 Å². The summed E-state index contributed by atoms with van der Waals surface area (Å²) in [6.07, 6.45) is 2.89. The number of carbonyl (C=O) groups excluding carboxylic acids is 1. The second kappa shape index (κ2) is 7.61. The molecule has 124 valence electrons.